The van der Waals surface area contributed by atoms with E-state index in [-0.39, 0.29) is 6.10 Å². The second kappa shape index (κ2) is 6.01. The standard InChI is InChI=1S/C12H23N3O/c1-9(2)7-13-8-12(16)6-11-5-10(3)14-15(11)4/h5,9,12-13,16H,6-8H2,1-4H3. The number of aryl methyl sites for hydroxylation is 2. The highest BCUT2D eigenvalue weighted by Crippen LogP contribution is 2.05. The first kappa shape index (κ1) is 13.2. The molecule has 0 saturated heterocycles. The molecule has 0 aliphatic heterocycles. The summed E-state index contributed by atoms with van der Waals surface area (Å²) in [6.07, 6.45) is 0.316. The van der Waals surface area contributed by atoms with E-state index in [1.54, 1.807) is 0 Å². The molecule has 0 saturated carbocycles. The number of aromatic nitrogens is 2. The van der Waals surface area contributed by atoms with Crippen molar-refractivity contribution in [3.63, 3.8) is 0 Å². The Labute approximate surface area is 97.7 Å². The van der Waals surface area contributed by atoms with Crippen molar-refractivity contribution < 1.29 is 5.11 Å². The first-order valence-corrected chi connectivity index (χ1v) is 5.87. The number of hydrogen-bond donors (Lipinski definition) is 2. The van der Waals surface area contributed by atoms with Crippen molar-refractivity contribution in [1.29, 1.82) is 0 Å². The van der Waals surface area contributed by atoms with E-state index in [9.17, 15) is 5.11 Å². The minimum atomic E-state index is -0.339. The SMILES string of the molecule is Cc1cc(CC(O)CNCC(C)C)n(C)n1. The van der Waals surface area contributed by atoms with Crippen molar-refractivity contribution >= 4 is 0 Å². The van der Waals surface area contributed by atoms with Gasteiger partial charge in [-0.05, 0) is 25.5 Å². The lowest BCUT2D eigenvalue weighted by Gasteiger charge is -2.13. The summed E-state index contributed by atoms with van der Waals surface area (Å²) in [7, 11) is 1.91. The third-order valence-corrected chi connectivity index (χ3v) is 2.48. The Bertz CT molecular complexity index is 320. The van der Waals surface area contributed by atoms with Gasteiger partial charge in [0.15, 0.2) is 0 Å². The van der Waals surface area contributed by atoms with Gasteiger partial charge in [0.2, 0.25) is 0 Å². The predicted octanol–water partition coefficient (Wildman–Crippen LogP) is 0.878. The minimum Gasteiger partial charge on any atom is -0.391 e. The fraction of sp³-hybridized carbons (Fsp3) is 0.750. The van der Waals surface area contributed by atoms with E-state index in [0.29, 0.717) is 18.9 Å². The number of hydrogen-bond acceptors (Lipinski definition) is 3. The van der Waals surface area contributed by atoms with Crippen molar-refractivity contribution in [2.24, 2.45) is 13.0 Å². The molecule has 4 heteroatoms. The summed E-state index contributed by atoms with van der Waals surface area (Å²) < 4.78 is 1.83. The molecule has 0 radical (unpaired) electrons. The van der Waals surface area contributed by atoms with Gasteiger partial charge in [-0.3, -0.25) is 4.68 Å². The average Bonchev–Trinajstić information content (AvgIpc) is 2.44. The number of rotatable bonds is 6. The van der Waals surface area contributed by atoms with E-state index < -0.39 is 0 Å². The maximum Gasteiger partial charge on any atom is 0.0719 e. The molecule has 1 heterocycles. The maximum absolute atomic E-state index is 9.85. The Kier molecular flexibility index (Phi) is 4.96. The lowest BCUT2D eigenvalue weighted by atomic mass is 10.1. The van der Waals surface area contributed by atoms with Gasteiger partial charge in [-0.2, -0.15) is 5.10 Å². The maximum atomic E-state index is 9.85. The van der Waals surface area contributed by atoms with Gasteiger partial charge in [-0.1, -0.05) is 13.8 Å². The van der Waals surface area contributed by atoms with Gasteiger partial charge < -0.3 is 10.4 Å². The summed E-state index contributed by atoms with van der Waals surface area (Å²) in [5, 5.41) is 17.4. The van der Waals surface area contributed by atoms with Crippen molar-refractivity contribution in [2.75, 3.05) is 13.1 Å². The molecule has 4 nitrogen and oxygen atoms in total. The fourth-order valence-corrected chi connectivity index (χ4v) is 1.71. The Hall–Kier alpha value is -0.870. The molecule has 1 aromatic rings. The molecular formula is C12H23N3O. The van der Waals surface area contributed by atoms with Gasteiger partial charge in [0, 0.05) is 25.7 Å². The van der Waals surface area contributed by atoms with Crippen LogP contribution in [0.5, 0.6) is 0 Å². The smallest absolute Gasteiger partial charge is 0.0719 e. The lowest BCUT2D eigenvalue weighted by Crippen LogP contribution is -2.31. The summed E-state index contributed by atoms with van der Waals surface area (Å²) in [5.41, 5.74) is 2.08. The monoisotopic (exact) mass is 225 g/mol. The average molecular weight is 225 g/mol. The largest absolute Gasteiger partial charge is 0.391 e. The summed E-state index contributed by atoms with van der Waals surface area (Å²) >= 11 is 0. The molecule has 1 rings (SSSR count). The molecule has 0 bridgehead atoms. The molecule has 0 fully saturated rings. The van der Waals surface area contributed by atoms with Crippen molar-refractivity contribution in [3.05, 3.63) is 17.5 Å². The van der Waals surface area contributed by atoms with Gasteiger partial charge in [0.25, 0.3) is 0 Å². The third kappa shape index (κ3) is 4.33. The number of aliphatic hydroxyl groups excluding tert-OH is 1. The summed E-state index contributed by atoms with van der Waals surface area (Å²) in [6.45, 7) is 7.87. The molecular weight excluding hydrogens is 202 g/mol. The minimum absolute atomic E-state index is 0.339. The number of aliphatic hydroxyl groups is 1. The van der Waals surface area contributed by atoms with Crippen LogP contribution in [0.3, 0.4) is 0 Å². The molecule has 1 atom stereocenters. The highest BCUT2D eigenvalue weighted by molar-refractivity contribution is 5.09. The second-order valence-electron chi connectivity index (χ2n) is 4.81. The molecule has 0 aromatic carbocycles. The van der Waals surface area contributed by atoms with Gasteiger partial charge in [-0.15, -0.1) is 0 Å². The Morgan fingerprint density at radius 3 is 2.62 bits per heavy atom. The Morgan fingerprint density at radius 2 is 2.12 bits per heavy atom. The Morgan fingerprint density at radius 1 is 1.44 bits per heavy atom. The molecule has 92 valence electrons. The summed E-state index contributed by atoms with van der Waals surface area (Å²) in [4.78, 5) is 0. The van der Waals surface area contributed by atoms with Crippen LogP contribution in [0.1, 0.15) is 25.2 Å². The molecule has 0 aliphatic carbocycles. The van der Waals surface area contributed by atoms with Crippen LogP contribution >= 0.6 is 0 Å². The van der Waals surface area contributed by atoms with E-state index in [0.717, 1.165) is 17.9 Å². The molecule has 1 unspecified atom stereocenters. The van der Waals surface area contributed by atoms with E-state index in [2.05, 4.69) is 24.3 Å². The first-order chi connectivity index (χ1) is 7.49. The van der Waals surface area contributed by atoms with Crippen LogP contribution in [0.25, 0.3) is 0 Å². The van der Waals surface area contributed by atoms with Crippen LogP contribution in [0, 0.1) is 12.8 Å². The van der Waals surface area contributed by atoms with Gasteiger partial charge in [-0.25, -0.2) is 0 Å². The van der Waals surface area contributed by atoms with Crippen LogP contribution in [0.2, 0.25) is 0 Å². The predicted molar refractivity (Wildman–Crippen MR) is 65.4 cm³/mol. The van der Waals surface area contributed by atoms with Crippen LogP contribution in [-0.2, 0) is 13.5 Å². The summed E-state index contributed by atoms with van der Waals surface area (Å²) in [5.74, 6) is 0.617. The molecule has 1 aromatic heterocycles. The van der Waals surface area contributed by atoms with E-state index >= 15 is 0 Å². The fourth-order valence-electron chi connectivity index (χ4n) is 1.71. The second-order valence-corrected chi connectivity index (χ2v) is 4.81. The number of nitrogens with one attached hydrogen (secondary N) is 1. The molecule has 0 spiro atoms. The molecule has 2 N–H and O–H groups in total. The third-order valence-electron chi connectivity index (χ3n) is 2.48. The van der Waals surface area contributed by atoms with Crippen LogP contribution in [0.4, 0.5) is 0 Å². The highest BCUT2D eigenvalue weighted by atomic mass is 16.3. The van der Waals surface area contributed by atoms with Crippen molar-refractivity contribution in [2.45, 2.75) is 33.3 Å². The van der Waals surface area contributed by atoms with Crippen molar-refractivity contribution in [1.82, 2.24) is 15.1 Å². The highest BCUT2D eigenvalue weighted by Gasteiger charge is 2.09. The van der Waals surface area contributed by atoms with Crippen LogP contribution in [-0.4, -0.2) is 34.1 Å². The zero-order valence-corrected chi connectivity index (χ0v) is 10.7. The van der Waals surface area contributed by atoms with E-state index in [1.165, 1.54) is 0 Å². The molecule has 0 amide bonds. The van der Waals surface area contributed by atoms with Gasteiger partial charge in [0.05, 0.1) is 11.8 Å². The molecule has 0 aliphatic rings. The van der Waals surface area contributed by atoms with E-state index in [1.807, 2.05) is 24.7 Å². The van der Waals surface area contributed by atoms with Crippen LogP contribution in [0.15, 0.2) is 6.07 Å². The number of nitrogens with zero attached hydrogens (tertiary/aromatic N) is 2. The van der Waals surface area contributed by atoms with Gasteiger partial charge >= 0.3 is 0 Å². The van der Waals surface area contributed by atoms with Gasteiger partial charge in [0.1, 0.15) is 0 Å². The summed E-state index contributed by atoms with van der Waals surface area (Å²) in [6, 6.07) is 2.02. The molecule has 16 heavy (non-hydrogen) atoms. The zero-order valence-electron chi connectivity index (χ0n) is 10.7. The quantitative estimate of drug-likeness (QED) is 0.755. The van der Waals surface area contributed by atoms with Crippen LogP contribution < -0.4 is 5.32 Å². The zero-order chi connectivity index (χ0) is 12.1. The van der Waals surface area contributed by atoms with E-state index in [4.69, 9.17) is 0 Å². The normalized spacial score (nSPS) is 13.4. The lowest BCUT2D eigenvalue weighted by molar-refractivity contribution is 0.168. The Balaban J connectivity index is 2.34. The topological polar surface area (TPSA) is 50.1 Å². The van der Waals surface area contributed by atoms with Crippen molar-refractivity contribution in [3.8, 4) is 0 Å². The first-order valence-electron chi connectivity index (χ1n) is 5.87.